The van der Waals surface area contributed by atoms with Gasteiger partial charge in [-0.05, 0) is 42.2 Å². The quantitative estimate of drug-likeness (QED) is 0.849. The van der Waals surface area contributed by atoms with E-state index in [2.05, 4.69) is 17.5 Å². The number of nitrogens with one attached hydrogen (secondary N) is 1. The molecular weight excluding hydrogens is 304 g/mol. The zero-order valence-electron chi connectivity index (χ0n) is 13.6. The number of rotatable bonds is 2. The number of likely N-dealkylation sites (tertiary alicyclic amines) is 1. The molecule has 1 saturated carbocycles. The van der Waals surface area contributed by atoms with Gasteiger partial charge in [-0.15, -0.1) is 0 Å². The van der Waals surface area contributed by atoms with E-state index in [-0.39, 0.29) is 12.1 Å². The summed E-state index contributed by atoms with van der Waals surface area (Å²) in [5, 5.41) is 3.03. The number of hydrogen-bond acceptors (Lipinski definition) is 3. The monoisotopic (exact) mass is 326 g/mol. The van der Waals surface area contributed by atoms with Crippen LogP contribution in [0, 0.1) is 23.7 Å². The number of benzene rings is 1. The molecule has 2 bridgehead atoms. The molecule has 2 aliphatic carbocycles. The van der Waals surface area contributed by atoms with Crippen LogP contribution in [-0.2, 0) is 0 Å². The maximum absolute atomic E-state index is 12.5. The van der Waals surface area contributed by atoms with Gasteiger partial charge in [0, 0.05) is 13.1 Å². The summed E-state index contributed by atoms with van der Waals surface area (Å²) in [5.74, 6) is 4.27. The molecule has 5 heteroatoms. The standard InChI is InChI=1S/C19H22N2O3/c22-19(21-9-15-12-5-6-13(7-12)16(15)10-21)20-8-14-11-23-17-3-1-2-4-18(17)24-14/h1-6,12-16H,7-11H2,(H,20,22)/t12?,13?,14?,15-,16+. The van der Waals surface area contributed by atoms with Crippen molar-refractivity contribution in [3.8, 4) is 11.5 Å². The van der Waals surface area contributed by atoms with Crippen LogP contribution in [0.4, 0.5) is 4.79 Å². The third-order valence-corrected chi connectivity index (χ3v) is 6.00. The minimum Gasteiger partial charge on any atom is -0.486 e. The zero-order valence-corrected chi connectivity index (χ0v) is 13.6. The van der Waals surface area contributed by atoms with E-state index >= 15 is 0 Å². The van der Waals surface area contributed by atoms with E-state index in [9.17, 15) is 4.79 Å². The van der Waals surface area contributed by atoms with E-state index in [1.165, 1.54) is 6.42 Å². The summed E-state index contributed by atoms with van der Waals surface area (Å²) in [5.41, 5.74) is 0. The lowest BCUT2D eigenvalue weighted by Gasteiger charge is -2.27. The van der Waals surface area contributed by atoms with Gasteiger partial charge in [0.1, 0.15) is 6.61 Å². The van der Waals surface area contributed by atoms with Crippen LogP contribution in [0.25, 0.3) is 0 Å². The first-order chi connectivity index (χ1) is 11.8. The Hall–Kier alpha value is -2.17. The minimum absolute atomic E-state index is 0.0336. The van der Waals surface area contributed by atoms with Crippen LogP contribution < -0.4 is 14.8 Å². The third-order valence-electron chi connectivity index (χ3n) is 6.00. The fraction of sp³-hybridized carbons (Fsp3) is 0.526. The molecule has 1 aromatic rings. The van der Waals surface area contributed by atoms with E-state index in [4.69, 9.17) is 9.47 Å². The Balaban J connectivity index is 1.15. The van der Waals surface area contributed by atoms with Crippen LogP contribution in [-0.4, -0.2) is 43.3 Å². The molecule has 3 unspecified atom stereocenters. The molecule has 126 valence electrons. The first-order valence-corrected chi connectivity index (χ1v) is 8.87. The molecule has 2 fully saturated rings. The number of carbonyl (C=O) groups excluding carboxylic acids is 1. The smallest absolute Gasteiger partial charge is 0.317 e. The Morgan fingerprint density at radius 2 is 1.83 bits per heavy atom. The Labute approximate surface area is 141 Å². The molecule has 1 N–H and O–H groups in total. The van der Waals surface area contributed by atoms with E-state index < -0.39 is 0 Å². The van der Waals surface area contributed by atoms with Gasteiger partial charge in [-0.25, -0.2) is 4.79 Å². The Morgan fingerprint density at radius 3 is 2.58 bits per heavy atom. The average Bonchev–Trinajstić information content (AvgIpc) is 3.32. The maximum Gasteiger partial charge on any atom is 0.317 e. The first-order valence-electron chi connectivity index (χ1n) is 8.87. The van der Waals surface area contributed by atoms with Gasteiger partial charge in [-0.3, -0.25) is 0 Å². The molecule has 2 amide bonds. The predicted octanol–water partition coefficient (Wildman–Crippen LogP) is 2.29. The Morgan fingerprint density at radius 1 is 1.12 bits per heavy atom. The fourth-order valence-corrected chi connectivity index (χ4v) is 4.79. The van der Waals surface area contributed by atoms with Gasteiger partial charge in [-0.2, -0.15) is 0 Å². The maximum atomic E-state index is 12.5. The highest BCUT2D eigenvalue weighted by Crippen LogP contribution is 2.51. The molecule has 5 atom stereocenters. The number of fused-ring (bicyclic) bond motifs is 6. The normalized spacial score (nSPS) is 35.2. The second-order valence-electron chi connectivity index (χ2n) is 7.36. The lowest BCUT2D eigenvalue weighted by Crippen LogP contribution is -2.46. The summed E-state index contributed by atoms with van der Waals surface area (Å²) >= 11 is 0. The SMILES string of the molecule is O=C(NCC1COc2ccccc2O1)N1C[C@@H]2C3C=CC(C3)[C@@H]2C1. The van der Waals surface area contributed by atoms with E-state index in [0.29, 0.717) is 36.8 Å². The number of carbonyl (C=O) groups is 1. The number of nitrogens with zero attached hydrogens (tertiary/aromatic N) is 1. The molecule has 5 rings (SSSR count). The zero-order chi connectivity index (χ0) is 16.1. The molecular formula is C19H22N2O3. The van der Waals surface area contributed by atoms with Crippen molar-refractivity contribution in [2.45, 2.75) is 12.5 Å². The lowest BCUT2D eigenvalue weighted by atomic mass is 9.86. The van der Waals surface area contributed by atoms with Crippen LogP contribution in [0.3, 0.4) is 0 Å². The van der Waals surface area contributed by atoms with Gasteiger partial charge in [0.05, 0.1) is 6.54 Å². The van der Waals surface area contributed by atoms with Gasteiger partial charge < -0.3 is 19.7 Å². The molecule has 1 aromatic carbocycles. The Kier molecular flexibility index (Phi) is 3.21. The molecule has 2 heterocycles. The number of ether oxygens (including phenoxy) is 2. The number of para-hydroxylation sites is 2. The van der Waals surface area contributed by atoms with Crippen molar-refractivity contribution in [2.24, 2.45) is 23.7 Å². The van der Waals surface area contributed by atoms with Gasteiger partial charge in [0.25, 0.3) is 0 Å². The minimum atomic E-state index is -0.135. The van der Waals surface area contributed by atoms with Crippen molar-refractivity contribution >= 4 is 6.03 Å². The van der Waals surface area contributed by atoms with E-state index in [0.717, 1.165) is 24.6 Å². The highest BCUT2D eigenvalue weighted by molar-refractivity contribution is 5.74. The highest BCUT2D eigenvalue weighted by Gasteiger charge is 2.50. The summed E-state index contributed by atoms with van der Waals surface area (Å²) in [7, 11) is 0. The lowest BCUT2D eigenvalue weighted by molar-refractivity contribution is 0.0903. The van der Waals surface area contributed by atoms with Crippen LogP contribution in [0.5, 0.6) is 11.5 Å². The largest absolute Gasteiger partial charge is 0.486 e. The highest BCUT2D eigenvalue weighted by atomic mass is 16.6. The summed E-state index contributed by atoms with van der Waals surface area (Å²) < 4.78 is 11.6. The van der Waals surface area contributed by atoms with Gasteiger partial charge in [0.2, 0.25) is 0 Å². The van der Waals surface area contributed by atoms with Crippen molar-refractivity contribution in [1.82, 2.24) is 10.2 Å². The number of hydrogen-bond donors (Lipinski definition) is 1. The molecule has 0 radical (unpaired) electrons. The molecule has 5 nitrogen and oxygen atoms in total. The summed E-state index contributed by atoms with van der Waals surface area (Å²) in [6.45, 7) is 2.74. The number of allylic oxidation sites excluding steroid dienone is 2. The van der Waals surface area contributed by atoms with Gasteiger partial charge >= 0.3 is 6.03 Å². The molecule has 0 spiro atoms. The van der Waals surface area contributed by atoms with Gasteiger partial charge in [-0.1, -0.05) is 24.3 Å². The average molecular weight is 326 g/mol. The summed E-state index contributed by atoms with van der Waals surface area (Å²) in [4.78, 5) is 14.5. The first kappa shape index (κ1) is 14.2. The Bertz CT molecular complexity index is 669. The second kappa shape index (κ2) is 5.43. The topological polar surface area (TPSA) is 50.8 Å². The van der Waals surface area contributed by atoms with E-state index in [1.807, 2.05) is 29.2 Å². The number of urea groups is 1. The van der Waals surface area contributed by atoms with Crippen molar-refractivity contribution < 1.29 is 14.3 Å². The van der Waals surface area contributed by atoms with Crippen LogP contribution in [0.2, 0.25) is 0 Å². The molecule has 1 saturated heterocycles. The third kappa shape index (κ3) is 2.26. The van der Waals surface area contributed by atoms with Crippen molar-refractivity contribution in [3.05, 3.63) is 36.4 Å². The number of amides is 2. The van der Waals surface area contributed by atoms with Crippen LogP contribution >= 0.6 is 0 Å². The van der Waals surface area contributed by atoms with E-state index in [1.54, 1.807) is 0 Å². The second-order valence-corrected chi connectivity index (χ2v) is 7.36. The van der Waals surface area contributed by atoms with Crippen molar-refractivity contribution in [1.29, 1.82) is 0 Å². The van der Waals surface area contributed by atoms with Crippen LogP contribution in [0.15, 0.2) is 36.4 Å². The molecule has 2 aliphatic heterocycles. The van der Waals surface area contributed by atoms with Crippen LogP contribution in [0.1, 0.15) is 6.42 Å². The molecule has 4 aliphatic rings. The van der Waals surface area contributed by atoms with Crippen molar-refractivity contribution in [3.63, 3.8) is 0 Å². The summed E-state index contributed by atoms with van der Waals surface area (Å²) in [6, 6.07) is 7.68. The predicted molar refractivity (Wildman–Crippen MR) is 89.0 cm³/mol. The fourth-order valence-electron chi connectivity index (χ4n) is 4.79. The molecule has 24 heavy (non-hydrogen) atoms. The molecule has 0 aromatic heterocycles. The summed E-state index contributed by atoms with van der Waals surface area (Å²) in [6.07, 6.45) is 5.89. The van der Waals surface area contributed by atoms with Gasteiger partial charge in [0.15, 0.2) is 17.6 Å². The van der Waals surface area contributed by atoms with Crippen molar-refractivity contribution in [2.75, 3.05) is 26.2 Å².